The molecule has 9 nitrogen and oxygen atoms in total. The van der Waals surface area contributed by atoms with Gasteiger partial charge in [-0.3, -0.25) is 19.7 Å². The molecular formula is C26H27N3O6. The van der Waals surface area contributed by atoms with E-state index < -0.39 is 28.9 Å². The van der Waals surface area contributed by atoms with Crippen LogP contribution in [0.15, 0.2) is 78.9 Å². The number of nitrogens with zero attached hydrogens (tertiary/aromatic N) is 1. The first kappa shape index (κ1) is 25.2. The fourth-order valence-electron chi connectivity index (χ4n) is 3.28. The number of hydrogen-bond acceptors (Lipinski definition) is 6. The summed E-state index contributed by atoms with van der Waals surface area (Å²) in [5.74, 6) is 0.104. The second-order valence-electron chi connectivity index (χ2n) is 7.62. The Labute approximate surface area is 203 Å². The van der Waals surface area contributed by atoms with E-state index in [-0.39, 0.29) is 17.1 Å². The highest BCUT2D eigenvalue weighted by Gasteiger charge is 2.24. The zero-order chi connectivity index (χ0) is 25.2. The lowest BCUT2D eigenvalue weighted by molar-refractivity contribution is -0.383. The minimum atomic E-state index is -0.862. The van der Waals surface area contributed by atoms with Crippen molar-refractivity contribution in [2.45, 2.75) is 38.9 Å². The molecule has 2 amide bonds. The molecule has 2 N–H and O–H groups in total. The van der Waals surface area contributed by atoms with Crippen LogP contribution in [0.2, 0.25) is 0 Å². The van der Waals surface area contributed by atoms with Gasteiger partial charge in [0.15, 0.2) is 12.2 Å². The van der Waals surface area contributed by atoms with Crippen molar-refractivity contribution in [3.8, 4) is 11.5 Å². The van der Waals surface area contributed by atoms with Crippen LogP contribution in [-0.2, 0) is 9.59 Å². The lowest BCUT2D eigenvalue weighted by Gasteiger charge is -2.19. The van der Waals surface area contributed by atoms with Crippen molar-refractivity contribution in [1.29, 1.82) is 0 Å². The third kappa shape index (κ3) is 7.04. The number of anilines is 2. The molecule has 0 aliphatic heterocycles. The molecule has 35 heavy (non-hydrogen) atoms. The summed E-state index contributed by atoms with van der Waals surface area (Å²) in [4.78, 5) is 36.6. The van der Waals surface area contributed by atoms with Crippen molar-refractivity contribution in [1.82, 2.24) is 0 Å². The Morgan fingerprint density at radius 3 is 1.74 bits per heavy atom. The zero-order valence-electron chi connectivity index (χ0n) is 19.5. The summed E-state index contributed by atoms with van der Waals surface area (Å²) in [6, 6.07) is 21.7. The van der Waals surface area contributed by atoms with Crippen LogP contribution in [0.4, 0.5) is 17.1 Å². The van der Waals surface area contributed by atoms with E-state index in [1.54, 1.807) is 55.5 Å². The summed E-state index contributed by atoms with van der Waals surface area (Å²) >= 11 is 0. The Kier molecular flexibility index (Phi) is 8.77. The monoisotopic (exact) mass is 477 g/mol. The van der Waals surface area contributed by atoms with Gasteiger partial charge < -0.3 is 20.1 Å². The van der Waals surface area contributed by atoms with E-state index in [1.807, 2.05) is 19.1 Å². The first-order valence-corrected chi connectivity index (χ1v) is 11.2. The summed E-state index contributed by atoms with van der Waals surface area (Å²) < 4.78 is 11.5. The number of rotatable bonds is 11. The number of carbonyl (C=O) groups is 2. The van der Waals surface area contributed by atoms with Gasteiger partial charge in [0.2, 0.25) is 0 Å². The highest BCUT2D eigenvalue weighted by atomic mass is 16.6. The highest BCUT2D eigenvalue weighted by molar-refractivity contribution is 5.99. The van der Waals surface area contributed by atoms with Gasteiger partial charge in [0.05, 0.1) is 4.92 Å². The lowest BCUT2D eigenvalue weighted by atomic mass is 10.2. The predicted octanol–water partition coefficient (Wildman–Crippen LogP) is 5.19. The summed E-state index contributed by atoms with van der Waals surface area (Å²) in [5, 5.41) is 16.8. The van der Waals surface area contributed by atoms with Crippen LogP contribution in [0, 0.1) is 10.1 Å². The molecule has 0 spiro atoms. The number of carbonyl (C=O) groups excluding carboxylic acids is 2. The molecule has 0 heterocycles. The molecule has 0 aromatic heterocycles. The van der Waals surface area contributed by atoms with E-state index in [9.17, 15) is 19.7 Å². The number of ether oxygens (including phenoxy) is 2. The average molecular weight is 478 g/mol. The van der Waals surface area contributed by atoms with Crippen molar-refractivity contribution in [3.63, 3.8) is 0 Å². The van der Waals surface area contributed by atoms with E-state index in [2.05, 4.69) is 10.6 Å². The number of nitro benzene ring substituents is 1. The molecule has 182 valence electrons. The van der Waals surface area contributed by atoms with E-state index in [4.69, 9.17) is 9.47 Å². The SMILES string of the molecule is CC[C@H](Oc1ccccc1)C(=O)Nc1ccc([N+](=O)[O-])c(NC(=O)[C@@H](CC)Oc2ccccc2)c1. The Morgan fingerprint density at radius 1 is 0.800 bits per heavy atom. The van der Waals surface area contributed by atoms with Crippen molar-refractivity contribution in [2.24, 2.45) is 0 Å². The average Bonchev–Trinajstić information content (AvgIpc) is 2.86. The molecule has 0 fully saturated rings. The van der Waals surface area contributed by atoms with Crippen molar-refractivity contribution in [3.05, 3.63) is 89.0 Å². The van der Waals surface area contributed by atoms with Crippen LogP contribution in [0.1, 0.15) is 26.7 Å². The first-order chi connectivity index (χ1) is 16.9. The zero-order valence-corrected chi connectivity index (χ0v) is 19.5. The van der Waals surface area contributed by atoms with Gasteiger partial charge in [0.25, 0.3) is 17.5 Å². The molecule has 2 atom stereocenters. The summed E-state index contributed by atoms with van der Waals surface area (Å²) in [6.07, 6.45) is -0.875. The number of nitrogens with one attached hydrogen (secondary N) is 2. The molecule has 0 radical (unpaired) electrons. The number of amides is 2. The second-order valence-corrected chi connectivity index (χ2v) is 7.62. The van der Waals surface area contributed by atoms with Gasteiger partial charge in [-0.2, -0.15) is 0 Å². The minimum absolute atomic E-state index is 0.0510. The first-order valence-electron chi connectivity index (χ1n) is 11.2. The van der Waals surface area contributed by atoms with Gasteiger partial charge in [-0.05, 0) is 49.2 Å². The maximum absolute atomic E-state index is 12.8. The molecule has 0 aliphatic rings. The number of nitro groups is 1. The van der Waals surface area contributed by atoms with Crippen LogP contribution in [0.5, 0.6) is 11.5 Å². The fourth-order valence-corrected chi connectivity index (χ4v) is 3.28. The van der Waals surface area contributed by atoms with E-state index in [0.29, 0.717) is 24.3 Å². The Bertz CT molecular complexity index is 1150. The summed E-state index contributed by atoms with van der Waals surface area (Å²) in [7, 11) is 0. The molecule has 3 aromatic carbocycles. The van der Waals surface area contributed by atoms with E-state index >= 15 is 0 Å². The highest BCUT2D eigenvalue weighted by Crippen LogP contribution is 2.29. The van der Waals surface area contributed by atoms with Gasteiger partial charge in [0.1, 0.15) is 17.2 Å². The topological polar surface area (TPSA) is 120 Å². The van der Waals surface area contributed by atoms with E-state index in [0.717, 1.165) is 0 Å². The van der Waals surface area contributed by atoms with Crippen molar-refractivity contribution >= 4 is 28.9 Å². The second kappa shape index (κ2) is 12.2. The van der Waals surface area contributed by atoms with Gasteiger partial charge in [-0.15, -0.1) is 0 Å². The molecule has 0 bridgehead atoms. The number of benzene rings is 3. The third-order valence-corrected chi connectivity index (χ3v) is 5.09. The summed E-state index contributed by atoms with van der Waals surface area (Å²) in [5.41, 5.74) is -0.0773. The van der Waals surface area contributed by atoms with Crippen LogP contribution in [0.25, 0.3) is 0 Å². The molecular weight excluding hydrogens is 450 g/mol. The number of hydrogen-bond donors (Lipinski definition) is 2. The minimum Gasteiger partial charge on any atom is -0.481 e. The Balaban J connectivity index is 1.75. The van der Waals surface area contributed by atoms with Crippen LogP contribution >= 0.6 is 0 Å². The largest absolute Gasteiger partial charge is 0.481 e. The smallest absolute Gasteiger partial charge is 0.292 e. The van der Waals surface area contributed by atoms with Crippen molar-refractivity contribution in [2.75, 3.05) is 10.6 Å². The van der Waals surface area contributed by atoms with Gasteiger partial charge in [-0.25, -0.2) is 0 Å². The fraction of sp³-hybridized carbons (Fsp3) is 0.231. The molecule has 0 aliphatic carbocycles. The third-order valence-electron chi connectivity index (χ3n) is 5.09. The molecule has 0 saturated heterocycles. The lowest BCUT2D eigenvalue weighted by Crippen LogP contribution is -2.33. The molecule has 3 rings (SSSR count). The van der Waals surface area contributed by atoms with Crippen LogP contribution in [-0.4, -0.2) is 28.9 Å². The molecule has 0 saturated carbocycles. The molecule has 0 unspecified atom stereocenters. The molecule has 9 heteroatoms. The maximum Gasteiger partial charge on any atom is 0.292 e. The van der Waals surface area contributed by atoms with Crippen molar-refractivity contribution < 1.29 is 24.0 Å². The summed E-state index contributed by atoms with van der Waals surface area (Å²) in [6.45, 7) is 3.59. The normalized spacial score (nSPS) is 12.2. The Morgan fingerprint density at radius 2 is 1.29 bits per heavy atom. The number of para-hydroxylation sites is 2. The maximum atomic E-state index is 12.8. The van der Waals surface area contributed by atoms with Crippen LogP contribution in [0.3, 0.4) is 0 Å². The van der Waals surface area contributed by atoms with E-state index in [1.165, 1.54) is 18.2 Å². The van der Waals surface area contributed by atoms with Crippen LogP contribution < -0.4 is 20.1 Å². The molecule has 3 aromatic rings. The predicted molar refractivity (Wildman–Crippen MR) is 133 cm³/mol. The van der Waals surface area contributed by atoms with Gasteiger partial charge >= 0.3 is 0 Å². The van der Waals surface area contributed by atoms with Gasteiger partial charge in [0, 0.05) is 11.8 Å². The Hall–Kier alpha value is -4.40. The van der Waals surface area contributed by atoms with Gasteiger partial charge in [-0.1, -0.05) is 50.2 Å². The standard InChI is InChI=1S/C26H27N3O6/c1-3-23(34-19-11-7-5-8-12-19)25(30)27-18-15-16-22(29(32)33)21(17-18)28-26(31)24(4-2)35-20-13-9-6-10-14-20/h5-17,23-24H,3-4H2,1-2H3,(H,27,30)(H,28,31)/t23-,24+/m0/s1. The quantitative estimate of drug-likeness (QED) is 0.290.